The van der Waals surface area contributed by atoms with Gasteiger partial charge in [-0.2, -0.15) is 0 Å². The molecule has 5 heteroatoms. The van der Waals surface area contributed by atoms with Crippen LogP contribution in [0.15, 0.2) is 65.7 Å². The summed E-state index contributed by atoms with van der Waals surface area (Å²) < 4.78 is 7.03. The molecule has 0 aliphatic carbocycles. The Balaban J connectivity index is 1.59. The van der Waals surface area contributed by atoms with Crippen molar-refractivity contribution in [1.82, 2.24) is 14.9 Å². The summed E-state index contributed by atoms with van der Waals surface area (Å²) in [4.78, 5) is 16.1. The molecule has 0 aliphatic rings. The highest BCUT2D eigenvalue weighted by Gasteiger charge is 2.09. The van der Waals surface area contributed by atoms with E-state index in [2.05, 4.69) is 10.3 Å². The summed E-state index contributed by atoms with van der Waals surface area (Å²) in [6, 6.07) is 13.5. The van der Waals surface area contributed by atoms with Crippen LogP contribution in [0.5, 0.6) is 0 Å². The van der Waals surface area contributed by atoms with Crippen LogP contribution in [0.1, 0.15) is 16.2 Å². The second kappa shape index (κ2) is 6.09. The van der Waals surface area contributed by atoms with Crippen molar-refractivity contribution in [2.75, 3.05) is 6.54 Å². The van der Waals surface area contributed by atoms with Crippen LogP contribution in [0, 0.1) is 0 Å². The summed E-state index contributed by atoms with van der Waals surface area (Å²) in [6.45, 7) is 0.518. The van der Waals surface area contributed by atoms with E-state index < -0.39 is 0 Å². The van der Waals surface area contributed by atoms with Crippen molar-refractivity contribution in [1.29, 1.82) is 0 Å². The zero-order valence-corrected chi connectivity index (χ0v) is 11.4. The van der Waals surface area contributed by atoms with E-state index in [1.54, 1.807) is 18.8 Å². The normalized spacial score (nSPS) is 10.5. The molecule has 0 fully saturated rings. The minimum atomic E-state index is -0.184. The summed E-state index contributed by atoms with van der Waals surface area (Å²) in [5.74, 6) is 0.668. The van der Waals surface area contributed by atoms with Crippen molar-refractivity contribution in [3.8, 4) is 5.69 Å². The van der Waals surface area contributed by atoms with Crippen LogP contribution in [0.2, 0.25) is 0 Å². The Morgan fingerprint density at radius 2 is 2.05 bits per heavy atom. The molecule has 0 saturated carbocycles. The average Bonchev–Trinajstić information content (AvgIpc) is 3.20. The molecule has 0 unspecified atom stereocenters. The molecule has 0 radical (unpaired) electrons. The summed E-state index contributed by atoms with van der Waals surface area (Å²) in [7, 11) is 0. The fourth-order valence-electron chi connectivity index (χ4n) is 2.03. The lowest BCUT2D eigenvalue weighted by molar-refractivity contribution is 0.0949. The molecule has 3 aromatic rings. The fourth-order valence-corrected chi connectivity index (χ4v) is 2.03. The Labute approximate surface area is 122 Å². The Bertz CT molecular complexity index is 702. The topological polar surface area (TPSA) is 60.1 Å². The van der Waals surface area contributed by atoms with Crippen molar-refractivity contribution in [2.45, 2.75) is 6.42 Å². The molecule has 0 atom stereocenters. The molecule has 0 aliphatic heterocycles. The molecule has 1 aromatic carbocycles. The number of nitrogens with one attached hydrogen (secondary N) is 1. The van der Waals surface area contributed by atoms with Crippen LogP contribution in [0.4, 0.5) is 0 Å². The Kier molecular flexibility index (Phi) is 3.82. The summed E-state index contributed by atoms with van der Waals surface area (Å²) in [6.07, 6.45) is 5.64. The van der Waals surface area contributed by atoms with Crippen LogP contribution in [0.25, 0.3) is 5.69 Å². The van der Waals surface area contributed by atoms with E-state index in [9.17, 15) is 4.79 Å². The third-order valence-electron chi connectivity index (χ3n) is 3.11. The molecule has 21 heavy (non-hydrogen) atoms. The number of para-hydroxylation sites is 1. The lowest BCUT2D eigenvalue weighted by Crippen LogP contribution is -2.25. The largest absolute Gasteiger partial charge is 0.469 e. The van der Waals surface area contributed by atoms with E-state index in [1.165, 1.54) is 0 Å². The minimum Gasteiger partial charge on any atom is -0.469 e. The first-order valence-corrected chi connectivity index (χ1v) is 6.73. The summed E-state index contributed by atoms with van der Waals surface area (Å²) in [5, 5.41) is 2.83. The number of hydrogen-bond acceptors (Lipinski definition) is 3. The van der Waals surface area contributed by atoms with Gasteiger partial charge < -0.3 is 14.3 Å². The van der Waals surface area contributed by atoms with Gasteiger partial charge in [-0.3, -0.25) is 4.79 Å². The van der Waals surface area contributed by atoms with Gasteiger partial charge in [0.15, 0.2) is 0 Å². The van der Waals surface area contributed by atoms with E-state index in [4.69, 9.17) is 4.42 Å². The monoisotopic (exact) mass is 281 g/mol. The van der Waals surface area contributed by atoms with Gasteiger partial charge in [0.1, 0.15) is 17.8 Å². The number of furan rings is 1. The standard InChI is InChI=1S/C16H15N3O2/c20-16(17-9-8-14-7-4-10-21-14)15-11-19(12-18-15)13-5-2-1-3-6-13/h1-7,10-12H,8-9H2,(H,17,20). The predicted molar refractivity (Wildman–Crippen MR) is 78.3 cm³/mol. The minimum absolute atomic E-state index is 0.184. The van der Waals surface area contributed by atoms with E-state index in [0.29, 0.717) is 18.7 Å². The van der Waals surface area contributed by atoms with Crippen molar-refractivity contribution in [3.63, 3.8) is 0 Å². The highest BCUT2D eigenvalue weighted by molar-refractivity contribution is 5.92. The zero-order valence-electron chi connectivity index (χ0n) is 11.4. The van der Waals surface area contributed by atoms with Crippen molar-refractivity contribution >= 4 is 5.91 Å². The van der Waals surface area contributed by atoms with Crippen LogP contribution in [-0.2, 0) is 6.42 Å². The molecule has 2 aromatic heterocycles. The second-order valence-corrected chi connectivity index (χ2v) is 4.59. The molecule has 1 amide bonds. The van der Waals surface area contributed by atoms with Gasteiger partial charge >= 0.3 is 0 Å². The average molecular weight is 281 g/mol. The van der Waals surface area contributed by atoms with E-state index in [0.717, 1.165) is 11.4 Å². The fraction of sp³-hybridized carbons (Fsp3) is 0.125. The first-order chi connectivity index (χ1) is 10.3. The molecule has 1 N–H and O–H groups in total. The molecular formula is C16H15N3O2. The van der Waals surface area contributed by atoms with E-state index in [1.807, 2.05) is 47.0 Å². The van der Waals surface area contributed by atoms with Gasteiger partial charge in [0.2, 0.25) is 0 Å². The summed E-state index contributed by atoms with van der Waals surface area (Å²) >= 11 is 0. The number of carbonyl (C=O) groups is 1. The number of amides is 1. The third-order valence-corrected chi connectivity index (χ3v) is 3.11. The first-order valence-electron chi connectivity index (χ1n) is 6.73. The van der Waals surface area contributed by atoms with Crippen molar-refractivity contribution in [3.05, 3.63) is 72.7 Å². The van der Waals surface area contributed by atoms with Gasteiger partial charge in [-0.1, -0.05) is 18.2 Å². The number of nitrogens with zero attached hydrogens (tertiary/aromatic N) is 2. The quantitative estimate of drug-likeness (QED) is 0.781. The molecule has 0 spiro atoms. The molecular weight excluding hydrogens is 266 g/mol. The van der Waals surface area contributed by atoms with Crippen molar-refractivity contribution in [2.24, 2.45) is 0 Å². The Morgan fingerprint density at radius 1 is 1.19 bits per heavy atom. The molecule has 3 rings (SSSR count). The SMILES string of the molecule is O=C(NCCc1ccco1)c1cn(-c2ccccc2)cn1. The van der Waals surface area contributed by atoms with Gasteiger partial charge in [-0.25, -0.2) is 4.98 Å². The second-order valence-electron chi connectivity index (χ2n) is 4.59. The van der Waals surface area contributed by atoms with E-state index in [-0.39, 0.29) is 5.91 Å². The number of benzene rings is 1. The molecule has 2 heterocycles. The van der Waals surface area contributed by atoms with Crippen molar-refractivity contribution < 1.29 is 9.21 Å². The lowest BCUT2D eigenvalue weighted by atomic mass is 10.3. The summed E-state index contributed by atoms with van der Waals surface area (Å²) in [5.41, 5.74) is 1.37. The highest BCUT2D eigenvalue weighted by Crippen LogP contribution is 2.08. The third kappa shape index (κ3) is 3.20. The van der Waals surface area contributed by atoms with Crippen LogP contribution < -0.4 is 5.32 Å². The van der Waals surface area contributed by atoms with Crippen LogP contribution in [-0.4, -0.2) is 22.0 Å². The van der Waals surface area contributed by atoms with Gasteiger partial charge in [0.25, 0.3) is 5.91 Å². The number of rotatable bonds is 5. The Morgan fingerprint density at radius 3 is 2.81 bits per heavy atom. The molecule has 0 saturated heterocycles. The number of imidazole rings is 1. The Hall–Kier alpha value is -2.82. The molecule has 5 nitrogen and oxygen atoms in total. The first kappa shape index (κ1) is 13.2. The van der Waals surface area contributed by atoms with Crippen LogP contribution in [0.3, 0.4) is 0 Å². The van der Waals surface area contributed by atoms with Gasteiger partial charge in [-0.05, 0) is 24.3 Å². The molecule has 106 valence electrons. The smallest absolute Gasteiger partial charge is 0.271 e. The number of aromatic nitrogens is 2. The van der Waals surface area contributed by atoms with E-state index >= 15 is 0 Å². The number of carbonyl (C=O) groups excluding carboxylic acids is 1. The lowest BCUT2D eigenvalue weighted by Gasteiger charge is -2.01. The maximum absolute atomic E-state index is 12.0. The van der Waals surface area contributed by atoms with Gasteiger partial charge in [0, 0.05) is 24.8 Å². The molecule has 0 bridgehead atoms. The predicted octanol–water partition coefficient (Wildman–Crippen LogP) is 2.44. The highest BCUT2D eigenvalue weighted by atomic mass is 16.3. The maximum atomic E-state index is 12.0. The van der Waals surface area contributed by atoms with Gasteiger partial charge in [0.05, 0.1) is 6.26 Å². The maximum Gasteiger partial charge on any atom is 0.271 e. The van der Waals surface area contributed by atoms with Crippen LogP contribution >= 0.6 is 0 Å². The van der Waals surface area contributed by atoms with Gasteiger partial charge in [-0.15, -0.1) is 0 Å². The zero-order chi connectivity index (χ0) is 14.5. The number of hydrogen-bond donors (Lipinski definition) is 1.